The van der Waals surface area contributed by atoms with Gasteiger partial charge in [0.15, 0.2) is 0 Å². The van der Waals surface area contributed by atoms with E-state index in [1.54, 1.807) is 5.31 Å². The Morgan fingerprint density at radius 1 is 1.50 bits per heavy atom. The Balaban J connectivity index is 2.14. The predicted octanol–water partition coefficient (Wildman–Crippen LogP) is 3.36. The SMILES string of the molecule is CC1=C(C2CCC2)P=P[N]1. The van der Waals surface area contributed by atoms with Crippen LogP contribution in [0.4, 0.5) is 0 Å². The van der Waals surface area contributed by atoms with Crippen molar-refractivity contribution in [3.63, 3.8) is 0 Å². The standard InChI is InChI=1S/C7H10NP2/c1-5-7(9-10-8-5)6-3-2-4-6/h6H,2-4H2,1H3. The quantitative estimate of drug-likeness (QED) is 0.535. The number of hydrogen-bond donors (Lipinski definition) is 0. The summed E-state index contributed by atoms with van der Waals surface area (Å²) in [5.74, 6) is 0.917. The topological polar surface area (TPSA) is 14.1 Å². The van der Waals surface area contributed by atoms with Crippen molar-refractivity contribution < 1.29 is 0 Å². The molecule has 10 heavy (non-hydrogen) atoms. The van der Waals surface area contributed by atoms with Gasteiger partial charge < -0.3 is 0 Å². The molecule has 0 atom stereocenters. The van der Waals surface area contributed by atoms with E-state index in [9.17, 15) is 0 Å². The smallest absolute Gasteiger partial charge is 0.0699 e. The second kappa shape index (κ2) is 2.64. The molecule has 0 spiro atoms. The summed E-state index contributed by atoms with van der Waals surface area (Å²) in [7, 11) is 2.72. The number of allylic oxidation sites excluding steroid dienone is 2. The van der Waals surface area contributed by atoms with Crippen LogP contribution in [0.15, 0.2) is 11.0 Å². The zero-order valence-corrected chi connectivity index (χ0v) is 7.83. The molecular weight excluding hydrogens is 160 g/mol. The fourth-order valence-electron chi connectivity index (χ4n) is 1.32. The molecule has 0 aromatic carbocycles. The van der Waals surface area contributed by atoms with Crippen LogP contribution in [-0.4, -0.2) is 0 Å². The second-order valence-electron chi connectivity index (χ2n) is 2.89. The van der Waals surface area contributed by atoms with E-state index in [0.717, 1.165) is 5.92 Å². The summed E-state index contributed by atoms with van der Waals surface area (Å²) in [5, 5.41) is 5.99. The Hall–Kier alpha value is 0.140. The first kappa shape index (κ1) is 6.83. The summed E-state index contributed by atoms with van der Waals surface area (Å²) >= 11 is 0. The molecule has 3 heteroatoms. The van der Waals surface area contributed by atoms with Crippen LogP contribution in [0.2, 0.25) is 0 Å². The molecule has 1 radical (unpaired) electrons. The third kappa shape index (κ3) is 1.02. The number of nitrogens with zero attached hydrogens (tertiary/aromatic N) is 1. The Kier molecular flexibility index (Phi) is 1.80. The van der Waals surface area contributed by atoms with Crippen LogP contribution in [0.1, 0.15) is 26.2 Å². The molecule has 53 valence electrons. The Morgan fingerprint density at radius 2 is 2.30 bits per heavy atom. The lowest BCUT2D eigenvalue weighted by molar-refractivity contribution is 0.379. The van der Waals surface area contributed by atoms with Gasteiger partial charge >= 0.3 is 0 Å². The minimum absolute atomic E-state index is 0.917. The molecule has 0 unspecified atom stereocenters. The maximum atomic E-state index is 4.36. The van der Waals surface area contributed by atoms with Crippen LogP contribution < -0.4 is 5.09 Å². The van der Waals surface area contributed by atoms with Crippen molar-refractivity contribution in [2.45, 2.75) is 26.2 Å². The second-order valence-corrected chi connectivity index (χ2v) is 5.09. The molecule has 0 saturated heterocycles. The van der Waals surface area contributed by atoms with Gasteiger partial charge in [-0.3, -0.25) is 0 Å². The van der Waals surface area contributed by atoms with Crippen molar-refractivity contribution in [2.24, 2.45) is 5.92 Å². The molecule has 0 amide bonds. The van der Waals surface area contributed by atoms with E-state index in [4.69, 9.17) is 0 Å². The highest BCUT2D eigenvalue weighted by Crippen LogP contribution is 2.46. The van der Waals surface area contributed by atoms with Crippen molar-refractivity contribution >= 4 is 15.9 Å². The third-order valence-corrected chi connectivity index (χ3v) is 4.78. The molecule has 0 aromatic heterocycles. The van der Waals surface area contributed by atoms with Crippen LogP contribution in [0.5, 0.6) is 0 Å². The monoisotopic (exact) mass is 170 g/mol. The normalized spacial score (nSPS) is 28.1. The highest BCUT2D eigenvalue weighted by atomic mass is 31.7. The van der Waals surface area contributed by atoms with Crippen LogP contribution in [0.3, 0.4) is 0 Å². The van der Waals surface area contributed by atoms with Crippen molar-refractivity contribution in [3.05, 3.63) is 11.0 Å². The maximum Gasteiger partial charge on any atom is 0.0699 e. The van der Waals surface area contributed by atoms with Gasteiger partial charge in [0.25, 0.3) is 0 Å². The van der Waals surface area contributed by atoms with Gasteiger partial charge in [-0.2, -0.15) is 0 Å². The van der Waals surface area contributed by atoms with Crippen molar-refractivity contribution in [1.29, 1.82) is 0 Å². The lowest BCUT2D eigenvalue weighted by Crippen LogP contribution is -2.11. The van der Waals surface area contributed by atoms with Crippen molar-refractivity contribution in [2.75, 3.05) is 0 Å². The zero-order valence-electron chi connectivity index (χ0n) is 6.04. The molecule has 0 aromatic rings. The van der Waals surface area contributed by atoms with Gasteiger partial charge in [-0.25, -0.2) is 5.09 Å². The average molecular weight is 170 g/mol. The Bertz CT molecular complexity index is 204. The van der Waals surface area contributed by atoms with Crippen LogP contribution in [0, 0.1) is 5.92 Å². The zero-order chi connectivity index (χ0) is 6.97. The van der Waals surface area contributed by atoms with E-state index in [0.29, 0.717) is 0 Å². The molecular formula is C7H10NP2. The molecule has 2 rings (SSSR count). The number of hydrogen-bond acceptors (Lipinski definition) is 0. The summed E-state index contributed by atoms with van der Waals surface area (Å²) in [6, 6.07) is 0. The van der Waals surface area contributed by atoms with Crippen molar-refractivity contribution in [3.8, 4) is 0 Å². The summed E-state index contributed by atoms with van der Waals surface area (Å²) < 4.78 is 0. The van der Waals surface area contributed by atoms with Gasteiger partial charge in [0, 0.05) is 5.31 Å². The van der Waals surface area contributed by atoms with Crippen molar-refractivity contribution in [1.82, 2.24) is 5.09 Å². The van der Waals surface area contributed by atoms with Gasteiger partial charge in [0.2, 0.25) is 0 Å². The average Bonchev–Trinajstić information content (AvgIpc) is 2.12. The van der Waals surface area contributed by atoms with Crippen LogP contribution in [0.25, 0.3) is 0 Å². The molecule has 1 aliphatic carbocycles. The fraction of sp³-hybridized carbons (Fsp3) is 0.714. The summed E-state index contributed by atoms with van der Waals surface area (Å²) in [6.45, 7) is 2.15. The fourth-order valence-corrected chi connectivity index (χ4v) is 4.15. The first-order valence-electron chi connectivity index (χ1n) is 3.70. The van der Waals surface area contributed by atoms with Crippen LogP contribution in [-0.2, 0) is 0 Å². The lowest BCUT2D eigenvalue weighted by Gasteiger charge is -2.25. The van der Waals surface area contributed by atoms with Gasteiger partial charge in [0.1, 0.15) is 0 Å². The Labute approximate surface area is 64.8 Å². The van der Waals surface area contributed by atoms with E-state index < -0.39 is 0 Å². The van der Waals surface area contributed by atoms with E-state index >= 15 is 0 Å². The molecule has 1 nitrogen and oxygen atoms in total. The van der Waals surface area contributed by atoms with E-state index in [1.165, 1.54) is 40.8 Å². The van der Waals surface area contributed by atoms with Gasteiger partial charge in [-0.1, -0.05) is 6.42 Å². The highest BCUT2D eigenvalue weighted by molar-refractivity contribution is 7.85. The Morgan fingerprint density at radius 3 is 2.70 bits per heavy atom. The summed E-state index contributed by atoms with van der Waals surface area (Å²) in [6.07, 6.45) is 4.28. The summed E-state index contributed by atoms with van der Waals surface area (Å²) in [5.41, 5.74) is 1.33. The maximum absolute atomic E-state index is 4.36. The van der Waals surface area contributed by atoms with E-state index in [-0.39, 0.29) is 0 Å². The molecule has 1 saturated carbocycles. The minimum atomic E-state index is 0.917. The first-order valence-corrected chi connectivity index (χ1v) is 6.15. The first-order chi connectivity index (χ1) is 4.88. The van der Waals surface area contributed by atoms with Gasteiger partial charge in [-0.15, -0.1) is 0 Å². The number of rotatable bonds is 1. The summed E-state index contributed by atoms with van der Waals surface area (Å²) in [4.78, 5) is 0. The molecule has 1 fully saturated rings. The lowest BCUT2D eigenvalue weighted by atomic mass is 9.84. The van der Waals surface area contributed by atoms with Gasteiger partial charge in [-0.05, 0) is 33.6 Å². The highest BCUT2D eigenvalue weighted by Gasteiger charge is 2.24. The van der Waals surface area contributed by atoms with Gasteiger partial charge in [0.05, 0.1) is 13.7 Å². The minimum Gasteiger partial charge on any atom is -0.227 e. The van der Waals surface area contributed by atoms with E-state index in [1.807, 2.05) is 0 Å². The van der Waals surface area contributed by atoms with E-state index in [2.05, 4.69) is 12.0 Å². The molecule has 0 bridgehead atoms. The molecule has 1 aliphatic heterocycles. The predicted molar refractivity (Wildman–Crippen MR) is 46.0 cm³/mol. The van der Waals surface area contributed by atoms with Crippen LogP contribution >= 0.6 is 15.9 Å². The molecule has 0 N–H and O–H groups in total. The largest absolute Gasteiger partial charge is 0.227 e. The molecule has 2 aliphatic rings. The molecule has 1 heterocycles. The third-order valence-electron chi connectivity index (χ3n) is 2.21.